The van der Waals surface area contributed by atoms with Crippen LogP contribution in [-0.2, 0) is 11.2 Å². The summed E-state index contributed by atoms with van der Waals surface area (Å²) in [5.41, 5.74) is 1.27. The number of nitrogens with zero attached hydrogens (tertiary/aromatic N) is 1. The summed E-state index contributed by atoms with van der Waals surface area (Å²) in [5, 5.41) is 8.04. The van der Waals surface area contributed by atoms with E-state index in [2.05, 4.69) is 22.5 Å². The molecule has 2 rings (SSSR count). The Bertz CT molecular complexity index is 700. The number of carbonyl (C=O) groups is 2. The highest BCUT2D eigenvalue weighted by atomic mass is 32.1. The zero-order valence-electron chi connectivity index (χ0n) is 16.0. The van der Waals surface area contributed by atoms with Gasteiger partial charge in [0.25, 0.3) is 5.91 Å². The number of anilines is 1. The van der Waals surface area contributed by atoms with E-state index >= 15 is 0 Å². The summed E-state index contributed by atoms with van der Waals surface area (Å²) in [5.74, 6) is -0.216. The molecule has 0 bridgehead atoms. The van der Waals surface area contributed by atoms with Crippen LogP contribution in [0.25, 0.3) is 0 Å². The molecule has 0 radical (unpaired) electrons. The smallest absolute Gasteiger partial charge is 0.257 e. The molecule has 146 valence electrons. The molecule has 1 aromatic carbocycles. The van der Waals surface area contributed by atoms with Gasteiger partial charge in [0, 0.05) is 17.5 Å². The number of thiazole rings is 1. The van der Waals surface area contributed by atoms with Crippen LogP contribution < -0.4 is 10.6 Å². The molecule has 0 aliphatic heterocycles. The van der Waals surface area contributed by atoms with Gasteiger partial charge in [-0.05, 0) is 18.6 Å². The van der Waals surface area contributed by atoms with Crippen molar-refractivity contribution in [1.29, 1.82) is 0 Å². The monoisotopic (exact) mass is 387 g/mol. The number of unbranched alkanes of at least 4 members (excludes halogenated alkanes) is 6. The van der Waals surface area contributed by atoms with Crippen LogP contribution in [-0.4, -0.2) is 23.3 Å². The van der Waals surface area contributed by atoms with Gasteiger partial charge in [-0.25, -0.2) is 4.98 Å². The lowest BCUT2D eigenvalue weighted by Crippen LogP contribution is -2.26. The fraction of sp³-hybridized carbons (Fsp3) is 0.476. The summed E-state index contributed by atoms with van der Waals surface area (Å²) in [6.45, 7) is 2.94. The van der Waals surface area contributed by atoms with Crippen LogP contribution in [0.5, 0.6) is 0 Å². The second kappa shape index (κ2) is 12.2. The van der Waals surface area contributed by atoms with Gasteiger partial charge in [-0.15, -0.1) is 11.3 Å². The topological polar surface area (TPSA) is 71.1 Å². The minimum absolute atomic E-state index is 0.0211. The number of amides is 2. The van der Waals surface area contributed by atoms with Crippen molar-refractivity contribution >= 4 is 28.3 Å². The molecule has 2 N–H and O–H groups in total. The highest BCUT2D eigenvalue weighted by molar-refractivity contribution is 7.14. The van der Waals surface area contributed by atoms with Gasteiger partial charge in [0.05, 0.1) is 12.1 Å². The summed E-state index contributed by atoms with van der Waals surface area (Å²) >= 11 is 1.33. The van der Waals surface area contributed by atoms with Crippen LogP contribution >= 0.6 is 11.3 Å². The van der Waals surface area contributed by atoms with Crippen molar-refractivity contribution in [2.24, 2.45) is 0 Å². The van der Waals surface area contributed by atoms with Crippen LogP contribution in [0.2, 0.25) is 0 Å². The molecular formula is C21H29N3O2S. The van der Waals surface area contributed by atoms with Crippen LogP contribution in [0.4, 0.5) is 5.13 Å². The van der Waals surface area contributed by atoms with E-state index in [9.17, 15) is 9.59 Å². The predicted octanol–water partition coefficient (Wildman–Crippen LogP) is 4.80. The third-order valence-corrected chi connectivity index (χ3v) is 5.06. The maximum atomic E-state index is 12.1. The summed E-state index contributed by atoms with van der Waals surface area (Å²) in [4.78, 5) is 28.4. The van der Waals surface area contributed by atoms with Crippen molar-refractivity contribution in [2.45, 2.75) is 58.3 Å². The largest absolute Gasteiger partial charge is 0.356 e. The minimum Gasteiger partial charge on any atom is -0.356 e. The second-order valence-electron chi connectivity index (χ2n) is 6.61. The first-order valence-electron chi connectivity index (χ1n) is 9.76. The van der Waals surface area contributed by atoms with Gasteiger partial charge in [0.15, 0.2) is 5.13 Å². The molecule has 27 heavy (non-hydrogen) atoms. The number of rotatable bonds is 12. The SMILES string of the molecule is CCCCCCCCCNC(=O)Cc1csc(NC(=O)c2ccccc2)n1. The molecule has 6 heteroatoms. The zero-order valence-corrected chi connectivity index (χ0v) is 16.8. The molecule has 0 unspecified atom stereocenters. The van der Waals surface area contributed by atoms with E-state index in [0.717, 1.165) is 12.8 Å². The third-order valence-electron chi connectivity index (χ3n) is 4.25. The van der Waals surface area contributed by atoms with Gasteiger partial charge in [-0.2, -0.15) is 0 Å². The number of benzene rings is 1. The molecule has 1 aromatic heterocycles. The van der Waals surface area contributed by atoms with E-state index < -0.39 is 0 Å². The van der Waals surface area contributed by atoms with Gasteiger partial charge in [0.1, 0.15) is 0 Å². The molecule has 2 amide bonds. The molecule has 0 atom stereocenters. The lowest BCUT2D eigenvalue weighted by atomic mass is 10.1. The Labute approximate surface area is 165 Å². The molecule has 0 fully saturated rings. The van der Waals surface area contributed by atoms with E-state index in [-0.39, 0.29) is 18.2 Å². The average molecular weight is 388 g/mol. The summed E-state index contributed by atoms with van der Waals surface area (Å²) in [6.07, 6.45) is 8.86. The predicted molar refractivity (Wildman–Crippen MR) is 111 cm³/mol. The fourth-order valence-electron chi connectivity index (χ4n) is 2.74. The fourth-order valence-corrected chi connectivity index (χ4v) is 3.45. The molecule has 0 aliphatic rings. The first-order chi connectivity index (χ1) is 13.2. The van der Waals surface area contributed by atoms with Gasteiger partial charge < -0.3 is 5.32 Å². The highest BCUT2D eigenvalue weighted by Gasteiger charge is 2.10. The van der Waals surface area contributed by atoms with E-state index in [1.807, 2.05) is 23.6 Å². The highest BCUT2D eigenvalue weighted by Crippen LogP contribution is 2.17. The standard InChI is InChI=1S/C21H29N3O2S/c1-2-3-4-5-6-7-11-14-22-19(25)15-18-16-27-21(23-18)24-20(26)17-12-9-8-10-13-17/h8-10,12-13,16H,2-7,11,14-15H2,1H3,(H,22,25)(H,23,24,26). The molecule has 2 aromatic rings. The van der Waals surface area contributed by atoms with Gasteiger partial charge in [0.2, 0.25) is 5.91 Å². The summed E-state index contributed by atoms with van der Waals surface area (Å²) < 4.78 is 0. The number of nitrogens with one attached hydrogen (secondary N) is 2. The number of hydrogen-bond acceptors (Lipinski definition) is 4. The van der Waals surface area contributed by atoms with Crippen molar-refractivity contribution in [3.05, 3.63) is 47.0 Å². The van der Waals surface area contributed by atoms with Crippen molar-refractivity contribution in [2.75, 3.05) is 11.9 Å². The Hall–Kier alpha value is -2.21. The van der Waals surface area contributed by atoms with Crippen LogP contribution in [0.3, 0.4) is 0 Å². The summed E-state index contributed by atoms with van der Waals surface area (Å²) in [6, 6.07) is 9.00. The maximum Gasteiger partial charge on any atom is 0.257 e. The summed E-state index contributed by atoms with van der Waals surface area (Å²) in [7, 11) is 0. The van der Waals surface area contributed by atoms with Crippen LogP contribution in [0.15, 0.2) is 35.7 Å². The number of carbonyl (C=O) groups excluding carboxylic acids is 2. The van der Waals surface area contributed by atoms with Crippen molar-refractivity contribution in [3.63, 3.8) is 0 Å². The van der Waals surface area contributed by atoms with E-state index in [0.29, 0.717) is 22.9 Å². The first-order valence-corrected chi connectivity index (χ1v) is 10.6. The Balaban J connectivity index is 1.63. The van der Waals surface area contributed by atoms with E-state index in [4.69, 9.17) is 0 Å². The van der Waals surface area contributed by atoms with Crippen molar-refractivity contribution < 1.29 is 9.59 Å². The van der Waals surface area contributed by atoms with E-state index in [1.54, 1.807) is 12.1 Å². The van der Waals surface area contributed by atoms with E-state index in [1.165, 1.54) is 43.4 Å². The number of hydrogen-bond donors (Lipinski definition) is 2. The van der Waals surface area contributed by atoms with Gasteiger partial charge >= 0.3 is 0 Å². The normalized spacial score (nSPS) is 10.6. The van der Waals surface area contributed by atoms with Gasteiger partial charge in [-0.3, -0.25) is 14.9 Å². The van der Waals surface area contributed by atoms with Crippen molar-refractivity contribution in [1.82, 2.24) is 10.3 Å². The molecule has 5 nitrogen and oxygen atoms in total. The molecule has 1 heterocycles. The Kier molecular flexibility index (Phi) is 9.55. The molecular weight excluding hydrogens is 358 g/mol. The maximum absolute atomic E-state index is 12.1. The molecule has 0 aliphatic carbocycles. The molecule has 0 saturated carbocycles. The minimum atomic E-state index is -0.195. The molecule has 0 saturated heterocycles. The third kappa shape index (κ3) is 8.35. The Morgan fingerprint density at radius 2 is 1.70 bits per heavy atom. The van der Waals surface area contributed by atoms with Crippen molar-refractivity contribution in [3.8, 4) is 0 Å². The van der Waals surface area contributed by atoms with Crippen LogP contribution in [0.1, 0.15) is 67.9 Å². The zero-order chi connectivity index (χ0) is 19.3. The quantitative estimate of drug-likeness (QED) is 0.514. The number of aromatic nitrogens is 1. The Morgan fingerprint density at radius 1 is 1.00 bits per heavy atom. The Morgan fingerprint density at radius 3 is 2.44 bits per heavy atom. The lowest BCUT2D eigenvalue weighted by molar-refractivity contribution is -0.120. The second-order valence-corrected chi connectivity index (χ2v) is 7.47. The van der Waals surface area contributed by atoms with Gasteiger partial charge in [-0.1, -0.05) is 63.6 Å². The molecule has 0 spiro atoms. The van der Waals surface area contributed by atoms with Crippen LogP contribution in [0, 0.1) is 0 Å². The average Bonchev–Trinajstić information content (AvgIpc) is 3.11. The lowest BCUT2D eigenvalue weighted by Gasteiger charge is -2.04. The first kappa shape index (κ1) is 21.1.